The van der Waals surface area contributed by atoms with Crippen molar-refractivity contribution in [3.05, 3.63) is 16.8 Å². The Morgan fingerprint density at radius 2 is 2.44 bits per heavy atom. The first-order valence-electron chi connectivity index (χ1n) is 4.77. The lowest BCUT2D eigenvalue weighted by molar-refractivity contribution is 0.137. The molecule has 1 aromatic heterocycles. The summed E-state index contributed by atoms with van der Waals surface area (Å²) in [6, 6.07) is 0. The molecule has 2 heterocycles. The molecule has 4 N–H and O–H groups in total. The standard InChI is InChI=1S/C8H12N4O3S/c9-7-10-3-12(8(15)11-7)6-1-4(14)5(2-13)16-6/h3-6,13-14H,1-2H2,(H2,9,11,15)/t4?,5-,6-/m1/s1. The zero-order chi connectivity index (χ0) is 11.7. The van der Waals surface area contributed by atoms with Gasteiger partial charge in [0, 0.05) is 6.42 Å². The number of thioether (sulfide) groups is 1. The number of rotatable bonds is 2. The molecule has 0 bridgehead atoms. The number of nitrogens with two attached hydrogens (primary N) is 1. The summed E-state index contributed by atoms with van der Waals surface area (Å²) in [5.41, 5.74) is 4.79. The Bertz CT molecular complexity index is 438. The number of hydrogen-bond donors (Lipinski definition) is 3. The lowest BCUT2D eigenvalue weighted by atomic mass is 10.2. The third-order valence-electron chi connectivity index (χ3n) is 2.44. The average molecular weight is 244 g/mol. The predicted octanol–water partition coefficient (Wildman–Crippen LogP) is -1.42. The van der Waals surface area contributed by atoms with E-state index in [1.54, 1.807) is 0 Å². The van der Waals surface area contributed by atoms with E-state index in [0.29, 0.717) is 6.42 Å². The van der Waals surface area contributed by atoms with Gasteiger partial charge >= 0.3 is 5.69 Å². The molecule has 8 heteroatoms. The van der Waals surface area contributed by atoms with Crippen LogP contribution in [0.1, 0.15) is 11.8 Å². The van der Waals surface area contributed by atoms with Crippen molar-refractivity contribution >= 4 is 17.7 Å². The van der Waals surface area contributed by atoms with Crippen LogP contribution in [0.25, 0.3) is 0 Å². The van der Waals surface area contributed by atoms with Gasteiger partial charge in [0.05, 0.1) is 23.3 Å². The van der Waals surface area contributed by atoms with E-state index in [-0.39, 0.29) is 23.2 Å². The second-order valence-electron chi connectivity index (χ2n) is 3.52. The minimum Gasteiger partial charge on any atom is -0.395 e. The highest BCUT2D eigenvalue weighted by Crippen LogP contribution is 2.40. The van der Waals surface area contributed by atoms with Crippen molar-refractivity contribution in [1.29, 1.82) is 0 Å². The van der Waals surface area contributed by atoms with Crippen LogP contribution in [0.4, 0.5) is 5.95 Å². The largest absolute Gasteiger partial charge is 0.395 e. The Hall–Kier alpha value is -1.12. The van der Waals surface area contributed by atoms with Gasteiger partial charge in [0.1, 0.15) is 6.33 Å². The molecular weight excluding hydrogens is 232 g/mol. The van der Waals surface area contributed by atoms with Gasteiger partial charge in [-0.3, -0.25) is 4.57 Å². The van der Waals surface area contributed by atoms with Crippen LogP contribution in [0.3, 0.4) is 0 Å². The minimum atomic E-state index is -0.621. The Kier molecular flexibility index (Phi) is 3.13. The minimum absolute atomic E-state index is 0.0662. The van der Waals surface area contributed by atoms with Crippen molar-refractivity contribution < 1.29 is 10.2 Å². The molecule has 0 radical (unpaired) electrons. The monoisotopic (exact) mass is 244 g/mol. The molecule has 7 nitrogen and oxygen atoms in total. The van der Waals surface area contributed by atoms with E-state index in [1.807, 2.05) is 0 Å². The summed E-state index contributed by atoms with van der Waals surface area (Å²) in [7, 11) is 0. The highest BCUT2D eigenvalue weighted by atomic mass is 32.2. The Morgan fingerprint density at radius 3 is 3.00 bits per heavy atom. The van der Waals surface area contributed by atoms with Crippen LogP contribution in [0.15, 0.2) is 11.1 Å². The summed E-state index contributed by atoms with van der Waals surface area (Å²) >= 11 is 1.33. The van der Waals surface area contributed by atoms with E-state index in [4.69, 9.17) is 10.8 Å². The Labute approximate surface area is 95.3 Å². The van der Waals surface area contributed by atoms with Crippen LogP contribution in [-0.4, -0.2) is 42.7 Å². The van der Waals surface area contributed by atoms with Gasteiger partial charge in [0.2, 0.25) is 5.95 Å². The zero-order valence-electron chi connectivity index (χ0n) is 8.35. The van der Waals surface area contributed by atoms with Crippen molar-refractivity contribution in [2.45, 2.75) is 23.1 Å². The van der Waals surface area contributed by atoms with Gasteiger partial charge in [-0.25, -0.2) is 9.78 Å². The summed E-state index contributed by atoms with van der Waals surface area (Å²) in [4.78, 5) is 18.7. The molecule has 1 aliphatic heterocycles. The number of anilines is 1. The second kappa shape index (κ2) is 4.40. The molecule has 0 aromatic carbocycles. The van der Waals surface area contributed by atoms with Crippen molar-refractivity contribution in [1.82, 2.24) is 14.5 Å². The van der Waals surface area contributed by atoms with Gasteiger partial charge in [0.25, 0.3) is 0 Å². The molecule has 88 valence electrons. The highest BCUT2D eigenvalue weighted by molar-refractivity contribution is 8.00. The molecule has 0 amide bonds. The van der Waals surface area contributed by atoms with E-state index in [9.17, 15) is 9.90 Å². The Balaban J connectivity index is 2.23. The topological polar surface area (TPSA) is 114 Å². The highest BCUT2D eigenvalue weighted by Gasteiger charge is 2.34. The number of nitrogens with zero attached hydrogens (tertiary/aromatic N) is 3. The molecule has 1 fully saturated rings. The van der Waals surface area contributed by atoms with Crippen LogP contribution < -0.4 is 11.4 Å². The van der Waals surface area contributed by atoms with Crippen molar-refractivity contribution in [2.75, 3.05) is 12.3 Å². The second-order valence-corrected chi connectivity index (χ2v) is 4.94. The maximum absolute atomic E-state index is 11.5. The van der Waals surface area contributed by atoms with E-state index in [1.165, 1.54) is 22.7 Å². The van der Waals surface area contributed by atoms with Gasteiger partial charge in [-0.2, -0.15) is 4.98 Å². The summed E-state index contributed by atoms with van der Waals surface area (Å²) in [5.74, 6) is -0.0662. The number of nitrogen functional groups attached to an aromatic ring is 1. The Morgan fingerprint density at radius 1 is 1.69 bits per heavy atom. The van der Waals surface area contributed by atoms with Gasteiger partial charge in [0.15, 0.2) is 0 Å². The molecule has 0 saturated carbocycles. The fourth-order valence-electron chi connectivity index (χ4n) is 1.60. The molecule has 0 aliphatic carbocycles. The molecule has 1 unspecified atom stereocenters. The van der Waals surface area contributed by atoms with Gasteiger partial charge < -0.3 is 15.9 Å². The van der Waals surface area contributed by atoms with Crippen LogP contribution >= 0.6 is 11.8 Å². The van der Waals surface area contributed by atoms with Gasteiger partial charge in [-0.15, -0.1) is 11.8 Å². The summed E-state index contributed by atoms with van der Waals surface area (Å²) < 4.78 is 1.32. The SMILES string of the molecule is Nc1ncn([C@H]2CC(O)[C@@H](CO)S2)c(=O)n1. The van der Waals surface area contributed by atoms with Crippen LogP contribution in [-0.2, 0) is 0 Å². The quantitative estimate of drug-likeness (QED) is 0.584. The first-order valence-corrected chi connectivity index (χ1v) is 5.71. The molecule has 1 aliphatic rings. The lowest BCUT2D eigenvalue weighted by Crippen LogP contribution is -2.26. The number of hydrogen-bond acceptors (Lipinski definition) is 7. The first kappa shape index (κ1) is 11.4. The van der Waals surface area contributed by atoms with E-state index in [0.717, 1.165) is 0 Å². The van der Waals surface area contributed by atoms with Crippen LogP contribution in [0, 0.1) is 0 Å². The van der Waals surface area contributed by atoms with Gasteiger partial charge in [-0.05, 0) is 0 Å². The van der Waals surface area contributed by atoms with Crippen molar-refractivity contribution in [3.8, 4) is 0 Å². The van der Waals surface area contributed by atoms with Crippen LogP contribution in [0.5, 0.6) is 0 Å². The van der Waals surface area contributed by atoms with Gasteiger partial charge in [-0.1, -0.05) is 0 Å². The molecule has 1 aromatic rings. The first-order chi connectivity index (χ1) is 7.61. The number of aliphatic hydroxyl groups excluding tert-OH is 2. The summed E-state index contributed by atoms with van der Waals surface area (Å²) in [5, 5.41) is 18.1. The molecule has 1 saturated heterocycles. The molecule has 16 heavy (non-hydrogen) atoms. The summed E-state index contributed by atoms with van der Waals surface area (Å²) in [6.45, 7) is -0.118. The lowest BCUT2D eigenvalue weighted by Gasteiger charge is -2.11. The maximum atomic E-state index is 11.5. The van der Waals surface area contributed by atoms with E-state index in [2.05, 4.69) is 9.97 Å². The molecule has 2 rings (SSSR count). The third kappa shape index (κ3) is 2.04. The molecule has 0 spiro atoms. The zero-order valence-corrected chi connectivity index (χ0v) is 9.17. The maximum Gasteiger partial charge on any atom is 0.353 e. The van der Waals surface area contributed by atoms with E-state index >= 15 is 0 Å². The van der Waals surface area contributed by atoms with Crippen molar-refractivity contribution in [3.63, 3.8) is 0 Å². The molecule has 3 atom stereocenters. The average Bonchev–Trinajstić information content (AvgIpc) is 2.59. The summed E-state index contributed by atoms with van der Waals surface area (Å²) in [6.07, 6.45) is 1.09. The molecular formula is C8H12N4O3S. The van der Waals surface area contributed by atoms with E-state index < -0.39 is 11.8 Å². The van der Waals surface area contributed by atoms with Crippen LogP contribution in [0.2, 0.25) is 0 Å². The fourth-order valence-corrected chi connectivity index (χ4v) is 2.97. The predicted molar refractivity (Wildman–Crippen MR) is 58.8 cm³/mol. The number of aromatic nitrogens is 3. The fraction of sp³-hybridized carbons (Fsp3) is 0.625. The normalized spacial score (nSPS) is 29.5. The number of aliphatic hydroxyl groups is 2. The smallest absolute Gasteiger partial charge is 0.353 e. The third-order valence-corrected chi connectivity index (χ3v) is 3.99. The van der Waals surface area contributed by atoms with Crippen molar-refractivity contribution in [2.24, 2.45) is 0 Å².